The van der Waals surface area contributed by atoms with Crippen LogP contribution in [0, 0.1) is 0 Å². The van der Waals surface area contributed by atoms with E-state index >= 15 is 0 Å². The summed E-state index contributed by atoms with van der Waals surface area (Å²) < 4.78 is 2.14. The second kappa shape index (κ2) is 7.54. The molecule has 2 rings (SSSR count). The molecule has 0 spiro atoms. The number of nitrogens with one attached hydrogen (secondary N) is 1. The van der Waals surface area contributed by atoms with E-state index < -0.39 is 0 Å². The smallest absolute Gasteiger partial charge is 0.0945 e. The van der Waals surface area contributed by atoms with Gasteiger partial charge in [0.15, 0.2) is 0 Å². The summed E-state index contributed by atoms with van der Waals surface area (Å²) in [4.78, 5) is 6.64. The molecule has 0 unspecified atom stereocenters. The number of nitrogens with zero attached hydrogens (tertiary/aromatic N) is 3. The summed E-state index contributed by atoms with van der Waals surface area (Å²) in [5.41, 5.74) is 0. The number of piperidine rings is 1. The van der Waals surface area contributed by atoms with Crippen molar-refractivity contribution < 1.29 is 0 Å². The van der Waals surface area contributed by atoms with Crippen LogP contribution >= 0.6 is 0 Å². The number of hydrogen-bond donors (Lipinski definition) is 1. The zero-order valence-electron chi connectivity index (χ0n) is 11.5. The van der Waals surface area contributed by atoms with Crippen LogP contribution < -0.4 is 5.32 Å². The molecular formula is C14H26N4. The number of aromatic nitrogens is 2. The summed E-state index contributed by atoms with van der Waals surface area (Å²) in [5, 5.41) is 3.69. The molecule has 0 atom stereocenters. The third kappa shape index (κ3) is 4.42. The van der Waals surface area contributed by atoms with Gasteiger partial charge < -0.3 is 14.8 Å². The Morgan fingerprint density at radius 3 is 2.78 bits per heavy atom. The lowest BCUT2D eigenvalue weighted by atomic mass is 10.0. The van der Waals surface area contributed by atoms with Crippen LogP contribution in [0.15, 0.2) is 18.7 Å². The Balaban J connectivity index is 1.53. The van der Waals surface area contributed by atoms with Gasteiger partial charge in [0.2, 0.25) is 0 Å². The van der Waals surface area contributed by atoms with Gasteiger partial charge in [-0.3, -0.25) is 0 Å². The Hall–Kier alpha value is -0.870. The number of imidazole rings is 1. The minimum Gasteiger partial charge on any atom is -0.337 e. The Morgan fingerprint density at radius 1 is 1.28 bits per heavy atom. The van der Waals surface area contributed by atoms with E-state index in [2.05, 4.69) is 26.7 Å². The molecule has 2 heterocycles. The van der Waals surface area contributed by atoms with Crippen molar-refractivity contribution in [2.24, 2.45) is 0 Å². The molecule has 102 valence electrons. The van der Waals surface area contributed by atoms with Gasteiger partial charge >= 0.3 is 0 Å². The Morgan fingerprint density at radius 2 is 2.11 bits per heavy atom. The van der Waals surface area contributed by atoms with E-state index in [0.717, 1.165) is 19.1 Å². The summed E-state index contributed by atoms with van der Waals surface area (Å²) >= 11 is 0. The maximum atomic E-state index is 4.05. The van der Waals surface area contributed by atoms with Crippen LogP contribution in [0.1, 0.15) is 32.6 Å². The van der Waals surface area contributed by atoms with Crippen LogP contribution in [0.5, 0.6) is 0 Å². The van der Waals surface area contributed by atoms with E-state index in [1.807, 2.05) is 18.7 Å². The van der Waals surface area contributed by atoms with Crippen LogP contribution in [-0.4, -0.2) is 46.7 Å². The first-order valence-electron chi connectivity index (χ1n) is 7.30. The monoisotopic (exact) mass is 250 g/mol. The molecule has 0 saturated carbocycles. The van der Waals surface area contributed by atoms with Crippen LogP contribution in [0.2, 0.25) is 0 Å². The van der Waals surface area contributed by atoms with Crippen molar-refractivity contribution in [1.29, 1.82) is 0 Å². The zero-order valence-corrected chi connectivity index (χ0v) is 11.5. The molecule has 4 nitrogen and oxygen atoms in total. The highest BCUT2D eigenvalue weighted by molar-refractivity contribution is 4.77. The molecule has 1 aromatic rings. The predicted molar refractivity (Wildman–Crippen MR) is 74.6 cm³/mol. The molecule has 4 heteroatoms. The molecular weight excluding hydrogens is 224 g/mol. The fourth-order valence-corrected chi connectivity index (χ4v) is 2.66. The molecule has 0 aromatic carbocycles. The largest absolute Gasteiger partial charge is 0.337 e. The Labute approximate surface area is 110 Å². The van der Waals surface area contributed by atoms with Gasteiger partial charge in [-0.05, 0) is 51.9 Å². The topological polar surface area (TPSA) is 33.1 Å². The van der Waals surface area contributed by atoms with Gasteiger partial charge in [-0.2, -0.15) is 0 Å². The van der Waals surface area contributed by atoms with E-state index in [9.17, 15) is 0 Å². The highest BCUT2D eigenvalue weighted by Crippen LogP contribution is 2.10. The van der Waals surface area contributed by atoms with E-state index in [0.29, 0.717) is 0 Å². The number of rotatable bonds is 7. The average Bonchev–Trinajstić information content (AvgIpc) is 2.90. The van der Waals surface area contributed by atoms with Crippen LogP contribution in [0.25, 0.3) is 0 Å². The van der Waals surface area contributed by atoms with Crippen molar-refractivity contribution in [3.05, 3.63) is 18.7 Å². The van der Waals surface area contributed by atoms with Crippen molar-refractivity contribution in [2.75, 3.05) is 26.2 Å². The predicted octanol–water partition coefficient (Wildman–Crippen LogP) is 1.74. The Bertz CT molecular complexity index is 302. The number of likely N-dealkylation sites (tertiary alicyclic amines) is 1. The fourth-order valence-electron chi connectivity index (χ4n) is 2.66. The highest BCUT2D eigenvalue weighted by Gasteiger charge is 2.17. The lowest BCUT2D eigenvalue weighted by Gasteiger charge is -2.32. The fraction of sp³-hybridized carbons (Fsp3) is 0.786. The number of hydrogen-bond acceptors (Lipinski definition) is 3. The van der Waals surface area contributed by atoms with Crippen molar-refractivity contribution in [3.8, 4) is 0 Å². The second-order valence-electron chi connectivity index (χ2n) is 5.22. The van der Waals surface area contributed by atoms with Crippen molar-refractivity contribution in [3.63, 3.8) is 0 Å². The molecule has 1 aliphatic heterocycles. The first kappa shape index (κ1) is 13.6. The zero-order chi connectivity index (χ0) is 12.6. The number of aryl methyl sites for hydroxylation is 1. The third-order valence-corrected chi connectivity index (χ3v) is 3.71. The van der Waals surface area contributed by atoms with Gasteiger partial charge in [-0.25, -0.2) is 4.98 Å². The van der Waals surface area contributed by atoms with E-state index in [-0.39, 0.29) is 0 Å². The van der Waals surface area contributed by atoms with E-state index in [1.54, 1.807) is 0 Å². The van der Waals surface area contributed by atoms with Gasteiger partial charge in [-0.15, -0.1) is 0 Å². The van der Waals surface area contributed by atoms with Crippen LogP contribution in [0.4, 0.5) is 0 Å². The second-order valence-corrected chi connectivity index (χ2v) is 5.22. The Kier molecular flexibility index (Phi) is 5.68. The molecule has 1 aliphatic rings. The SMILES string of the molecule is CCCN1CCC(NCCCn2ccnc2)CC1. The quantitative estimate of drug-likeness (QED) is 0.748. The first-order chi connectivity index (χ1) is 8.88. The molecule has 1 saturated heterocycles. The highest BCUT2D eigenvalue weighted by atomic mass is 15.1. The third-order valence-electron chi connectivity index (χ3n) is 3.71. The maximum absolute atomic E-state index is 4.05. The maximum Gasteiger partial charge on any atom is 0.0945 e. The van der Waals surface area contributed by atoms with Crippen LogP contribution in [0.3, 0.4) is 0 Å². The van der Waals surface area contributed by atoms with E-state index in [4.69, 9.17) is 0 Å². The summed E-state index contributed by atoms with van der Waals surface area (Å²) in [5.74, 6) is 0. The first-order valence-corrected chi connectivity index (χ1v) is 7.30. The molecule has 0 amide bonds. The van der Waals surface area contributed by atoms with Gasteiger partial charge in [0.25, 0.3) is 0 Å². The molecule has 1 fully saturated rings. The average molecular weight is 250 g/mol. The normalized spacial score (nSPS) is 18.3. The van der Waals surface area contributed by atoms with Crippen LogP contribution in [-0.2, 0) is 6.54 Å². The lowest BCUT2D eigenvalue weighted by Crippen LogP contribution is -2.43. The van der Waals surface area contributed by atoms with E-state index in [1.165, 1.54) is 45.3 Å². The van der Waals surface area contributed by atoms with Gasteiger partial charge in [0.1, 0.15) is 0 Å². The standard InChI is InChI=1S/C14H26N4/c1-2-8-17-10-4-14(5-11-17)16-6-3-9-18-12-7-15-13-18/h7,12-14,16H,2-6,8-11H2,1H3. The summed E-state index contributed by atoms with van der Waals surface area (Å²) in [6.07, 6.45) is 10.9. The van der Waals surface area contributed by atoms with Crippen molar-refractivity contribution in [2.45, 2.75) is 45.2 Å². The molecule has 0 aliphatic carbocycles. The summed E-state index contributed by atoms with van der Waals surface area (Å²) in [6.45, 7) is 8.27. The molecule has 18 heavy (non-hydrogen) atoms. The molecule has 1 aromatic heterocycles. The van der Waals surface area contributed by atoms with Crippen molar-refractivity contribution >= 4 is 0 Å². The van der Waals surface area contributed by atoms with Gasteiger partial charge in [0.05, 0.1) is 6.33 Å². The summed E-state index contributed by atoms with van der Waals surface area (Å²) in [7, 11) is 0. The lowest BCUT2D eigenvalue weighted by molar-refractivity contribution is 0.198. The molecule has 0 radical (unpaired) electrons. The minimum absolute atomic E-state index is 0.737. The van der Waals surface area contributed by atoms with Gasteiger partial charge in [-0.1, -0.05) is 6.92 Å². The van der Waals surface area contributed by atoms with Crippen molar-refractivity contribution in [1.82, 2.24) is 19.8 Å². The van der Waals surface area contributed by atoms with Gasteiger partial charge in [0, 0.05) is 25.0 Å². The molecule has 1 N–H and O–H groups in total. The molecule has 0 bridgehead atoms. The summed E-state index contributed by atoms with van der Waals surface area (Å²) in [6, 6.07) is 0.737. The minimum atomic E-state index is 0.737.